The Morgan fingerprint density at radius 2 is 0.915 bits per heavy atom. The summed E-state index contributed by atoms with van der Waals surface area (Å²) in [6, 6.07) is 63.7. The maximum absolute atomic E-state index is 2.48. The van der Waals surface area contributed by atoms with Gasteiger partial charge in [0.15, 0.2) is 0 Å². The van der Waals surface area contributed by atoms with E-state index >= 15 is 0 Å². The van der Waals surface area contributed by atoms with Crippen molar-refractivity contribution in [2.75, 3.05) is 11.9 Å². The average Bonchev–Trinajstić information content (AvgIpc) is 3.50. The summed E-state index contributed by atoms with van der Waals surface area (Å²) in [7, 11) is 2.12. The van der Waals surface area contributed by atoms with Crippen molar-refractivity contribution in [2.45, 2.75) is 0 Å². The van der Waals surface area contributed by atoms with E-state index in [1.165, 1.54) is 71.3 Å². The zero-order valence-electron chi connectivity index (χ0n) is 26.1. The highest BCUT2D eigenvalue weighted by atomic mass is 15.1. The number of aromatic nitrogens is 1. The first kappa shape index (κ1) is 27.2. The van der Waals surface area contributed by atoms with Crippen molar-refractivity contribution in [3.8, 4) is 27.9 Å². The molecule has 0 saturated heterocycles. The minimum atomic E-state index is 1.16. The Morgan fingerprint density at radius 1 is 0.383 bits per heavy atom. The first-order valence-corrected chi connectivity index (χ1v) is 16.2. The molecule has 0 aliphatic rings. The highest BCUT2D eigenvalue weighted by Crippen LogP contribution is 2.43. The number of rotatable bonds is 5. The lowest BCUT2D eigenvalue weighted by molar-refractivity contribution is 1.19. The van der Waals surface area contributed by atoms with Crippen molar-refractivity contribution in [3.05, 3.63) is 176 Å². The third kappa shape index (κ3) is 4.49. The van der Waals surface area contributed by atoms with E-state index < -0.39 is 0 Å². The number of benzene rings is 8. The first-order chi connectivity index (χ1) is 23.2. The van der Waals surface area contributed by atoms with Gasteiger partial charge in [0.05, 0.1) is 11.0 Å². The topological polar surface area (TPSA) is 8.17 Å². The summed E-state index contributed by atoms with van der Waals surface area (Å²) in [5.41, 5.74) is 10.8. The molecule has 9 aromatic rings. The lowest BCUT2D eigenvalue weighted by Gasteiger charge is -2.19. The standard InChI is InChI=1S/C45H32N2/c1-46(35-16-6-3-7-17-35)36-26-23-32(24-27-36)34-25-28-43-42(30-34)44-40-21-10-8-19-38(40)39-20-9-11-22-41(39)45(44)47(43)37-18-12-15-33(29-37)31-13-4-2-5-14-31/h2-30H,1H3. The van der Waals surface area contributed by atoms with Crippen LogP contribution in [0, 0.1) is 0 Å². The molecule has 1 aromatic heterocycles. The summed E-state index contributed by atoms with van der Waals surface area (Å²) >= 11 is 0. The van der Waals surface area contributed by atoms with Gasteiger partial charge in [0.1, 0.15) is 0 Å². The molecule has 0 atom stereocenters. The maximum atomic E-state index is 2.48. The van der Waals surface area contributed by atoms with Crippen LogP contribution in [0.5, 0.6) is 0 Å². The molecule has 47 heavy (non-hydrogen) atoms. The molecule has 9 rings (SSSR count). The van der Waals surface area contributed by atoms with E-state index in [0.29, 0.717) is 0 Å². The molecule has 0 aliphatic carbocycles. The number of para-hydroxylation sites is 1. The number of hydrogen-bond acceptors (Lipinski definition) is 1. The van der Waals surface area contributed by atoms with Gasteiger partial charge >= 0.3 is 0 Å². The Morgan fingerprint density at radius 3 is 1.66 bits per heavy atom. The van der Waals surface area contributed by atoms with E-state index in [1.807, 2.05) is 0 Å². The predicted octanol–water partition coefficient (Wildman–Crippen LogP) is 12.2. The third-order valence-electron chi connectivity index (χ3n) is 9.58. The van der Waals surface area contributed by atoms with Gasteiger partial charge in [-0.05, 0) is 86.9 Å². The summed E-state index contributed by atoms with van der Waals surface area (Å²) in [5.74, 6) is 0. The average molecular weight is 601 g/mol. The molecule has 8 aromatic carbocycles. The van der Waals surface area contributed by atoms with Gasteiger partial charge < -0.3 is 9.47 Å². The highest BCUT2D eigenvalue weighted by Gasteiger charge is 2.20. The van der Waals surface area contributed by atoms with Gasteiger partial charge in [-0.2, -0.15) is 0 Å². The zero-order valence-corrected chi connectivity index (χ0v) is 26.1. The van der Waals surface area contributed by atoms with E-state index in [-0.39, 0.29) is 0 Å². The quantitative estimate of drug-likeness (QED) is 0.178. The minimum absolute atomic E-state index is 1.16. The highest BCUT2D eigenvalue weighted by molar-refractivity contribution is 6.32. The Labute approximate surface area is 274 Å². The van der Waals surface area contributed by atoms with Crippen LogP contribution >= 0.6 is 0 Å². The van der Waals surface area contributed by atoms with E-state index in [9.17, 15) is 0 Å². The summed E-state index contributed by atoms with van der Waals surface area (Å²) in [4.78, 5) is 2.22. The summed E-state index contributed by atoms with van der Waals surface area (Å²) in [6.07, 6.45) is 0. The lowest BCUT2D eigenvalue weighted by Crippen LogP contribution is -2.08. The second-order valence-corrected chi connectivity index (χ2v) is 12.2. The molecule has 0 bridgehead atoms. The van der Waals surface area contributed by atoms with Crippen molar-refractivity contribution >= 4 is 54.7 Å². The van der Waals surface area contributed by atoms with Crippen LogP contribution in [0.4, 0.5) is 11.4 Å². The van der Waals surface area contributed by atoms with Crippen LogP contribution in [0.1, 0.15) is 0 Å². The smallest absolute Gasteiger partial charge is 0.0625 e. The number of nitrogens with zero attached hydrogens (tertiary/aromatic N) is 2. The van der Waals surface area contributed by atoms with E-state index in [2.05, 4.69) is 192 Å². The van der Waals surface area contributed by atoms with Crippen LogP contribution in [-0.2, 0) is 0 Å². The van der Waals surface area contributed by atoms with Gasteiger partial charge in [0.25, 0.3) is 0 Å². The van der Waals surface area contributed by atoms with Crippen LogP contribution in [0.25, 0.3) is 71.3 Å². The second-order valence-electron chi connectivity index (χ2n) is 12.2. The molecule has 2 heteroatoms. The van der Waals surface area contributed by atoms with Gasteiger partial charge in [0.2, 0.25) is 0 Å². The monoisotopic (exact) mass is 600 g/mol. The van der Waals surface area contributed by atoms with Crippen LogP contribution in [0.3, 0.4) is 0 Å². The SMILES string of the molecule is CN(c1ccccc1)c1ccc(-c2ccc3c(c2)c2c4ccccc4c4ccccc4c2n3-c2cccc(-c3ccccc3)c2)cc1. The van der Waals surface area contributed by atoms with E-state index in [0.717, 1.165) is 11.4 Å². The summed E-state index contributed by atoms with van der Waals surface area (Å²) < 4.78 is 2.48. The van der Waals surface area contributed by atoms with Gasteiger partial charge in [0, 0.05) is 40.3 Å². The maximum Gasteiger partial charge on any atom is 0.0625 e. The van der Waals surface area contributed by atoms with Gasteiger partial charge in [-0.3, -0.25) is 0 Å². The minimum Gasteiger partial charge on any atom is -0.345 e. The fraction of sp³-hybridized carbons (Fsp3) is 0.0222. The van der Waals surface area contributed by atoms with Crippen LogP contribution in [-0.4, -0.2) is 11.6 Å². The fourth-order valence-electron chi connectivity index (χ4n) is 7.26. The molecule has 222 valence electrons. The molecule has 2 nitrogen and oxygen atoms in total. The molecule has 0 spiro atoms. The Bertz CT molecular complexity index is 2560. The van der Waals surface area contributed by atoms with Gasteiger partial charge in [-0.1, -0.05) is 127 Å². The molecule has 0 aliphatic heterocycles. The predicted molar refractivity (Wildman–Crippen MR) is 201 cm³/mol. The molecule has 0 fully saturated rings. The molecule has 0 radical (unpaired) electrons. The number of fused-ring (bicyclic) bond motifs is 8. The Balaban J connectivity index is 1.29. The van der Waals surface area contributed by atoms with Crippen LogP contribution < -0.4 is 4.90 Å². The Kier molecular flexibility index (Phi) is 6.39. The molecular formula is C45H32N2. The lowest BCUT2D eigenvalue weighted by atomic mass is 9.95. The molecule has 0 amide bonds. The van der Waals surface area contributed by atoms with Crippen molar-refractivity contribution in [2.24, 2.45) is 0 Å². The summed E-state index contributed by atoms with van der Waals surface area (Å²) in [6.45, 7) is 0. The van der Waals surface area contributed by atoms with Crippen molar-refractivity contribution in [1.82, 2.24) is 4.57 Å². The van der Waals surface area contributed by atoms with Crippen molar-refractivity contribution in [1.29, 1.82) is 0 Å². The molecule has 1 heterocycles. The third-order valence-corrected chi connectivity index (χ3v) is 9.58. The van der Waals surface area contributed by atoms with Crippen molar-refractivity contribution < 1.29 is 0 Å². The van der Waals surface area contributed by atoms with Gasteiger partial charge in [-0.15, -0.1) is 0 Å². The molecule has 0 saturated carbocycles. The molecular weight excluding hydrogens is 569 g/mol. The molecule has 0 N–H and O–H groups in total. The van der Waals surface area contributed by atoms with Crippen LogP contribution in [0.15, 0.2) is 176 Å². The Hall–Kier alpha value is -6.12. The first-order valence-electron chi connectivity index (χ1n) is 16.2. The largest absolute Gasteiger partial charge is 0.345 e. The second kappa shape index (κ2) is 11.0. The molecule has 0 unspecified atom stereocenters. The van der Waals surface area contributed by atoms with Crippen LogP contribution in [0.2, 0.25) is 0 Å². The number of hydrogen-bond donors (Lipinski definition) is 0. The van der Waals surface area contributed by atoms with Crippen molar-refractivity contribution in [3.63, 3.8) is 0 Å². The normalized spacial score (nSPS) is 11.5. The van der Waals surface area contributed by atoms with E-state index in [1.54, 1.807) is 0 Å². The zero-order chi connectivity index (χ0) is 31.3. The van der Waals surface area contributed by atoms with E-state index in [4.69, 9.17) is 0 Å². The summed E-state index contributed by atoms with van der Waals surface area (Å²) in [5, 5.41) is 7.65. The fourth-order valence-corrected chi connectivity index (χ4v) is 7.26. The number of anilines is 2. The van der Waals surface area contributed by atoms with Gasteiger partial charge in [-0.25, -0.2) is 0 Å².